The van der Waals surface area contributed by atoms with E-state index in [2.05, 4.69) is 37.9 Å². The molecule has 1 atom stereocenters. The van der Waals surface area contributed by atoms with Gasteiger partial charge in [0.15, 0.2) is 0 Å². The van der Waals surface area contributed by atoms with Crippen molar-refractivity contribution in [2.24, 2.45) is 5.41 Å². The van der Waals surface area contributed by atoms with Crippen molar-refractivity contribution >= 4 is 0 Å². The summed E-state index contributed by atoms with van der Waals surface area (Å²) in [5.74, 6) is 0. The van der Waals surface area contributed by atoms with Crippen molar-refractivity contribution in [3.8, 4) is 0 Å². The van der Waals surface area contributed by atoms with E-state index in [-0.39, 0.29) is 0 Å². The highest BCUT2D eigenvalue weighted by Gasteiger charge is 2.22. The van der Waals surface area contributed by atoms with Crippen molar-refractivity contribution in [3.05, 3.63) is 0 Å². The molecule has 1 N–H and O–H groups in total. The molecule has 0 unspecified atom stereocenters. The Bertz CT molecular complexity index is 137. The normalized spacial score (nSPS) is 27.5. The highest BCUT2D eigenvalue weighted by atomic mass is 15.2. The molecule has 0 spiro atoms. The molecule has 1 aliphatic rings. The Morgan fingerprint density at radius 3 is 2.58 bits per heavy atom. The van der Waals surface area contributed by atoms with Gasteiger partial charge in [-0.2, -0.15) is 0 Å². The van der Waals surface area contributed by atoms with Gasteiger partial charge in [0, 0.05) is 32.2 Å². The number of hydrogen-bond donors (Lipinski definition) is 1. The maximum Gasteiger partial charge on any atom is 0.0193 e. The first-order chi connectivity index (χ1) is 5.49. The Balaban J connectivity index is 2.39. The summed E-state index contributed by atoms with van der Waals surface area (Å²) >= 11 is 0. The molecule has 0 amide bonds. The standard InChI is InChI=1S/C10H22N2/c1-9-7-11-5-6-12(9)8-10(2,3)4/h9,11H,5-8H2,1-4H3/t9-/m1/s1. The number of rotatable bonds is 1. The smallest absolute Gasteiger partial charge is 0.0193 e. The van der Waals surface area contributed by atoms with Gasteiger partial charge in [0.25, 0.3) is 0 Å². The highest BCUT2D eigenvalue weighted by Crippen LogP contribution is 2.17. The molecule has 0 bridgehead atoms. The van der Waals surface area contributed by atoms with Crippen LogP contribution in [0.15, 0.2) is 0 Å². The van der Waals surface area contributed by atoms with Gasteiger partial charge in [-0.1, -0.05) is 20.8 Å². The van der Waals surface area contributed by atoms with Crippen LogP contribution >= 0.6 is 0 Å². The molecule has 0 aromatic carbocycles. The molecule has 0 aromatic heterocycles. The fourth-order valence-electron chi connectivity index (χ4n) is 1.73. The Hall–Kier alpha value is -0.0800. The van der Waals surface area contributed by atoms with E-state index in [1.54, 1.807) is 0 Å². The van der Waals surface area contributed by atoms with Crippen molar-refractivity contribution in [3.63, 3.8) is 0 Å². The molecule has 2 nitrogen and oxygen atoms in total. The van der Waals surface area contributed by atoms with E-state index >= 15 is 0 Å². The van der Waals surface area contributed by atoms with Crippen molar-refractivity contribution < 1.29 is 0 Å². The third-order valence-corrected chi connectivity index (χ3v) is 2.32. The molecule has 1 heterocycles. The summed E-state index contributed by atoms with van der Waals surface area (Å²) in [6.07, 6.45) is 0. The summed E-state index contributed by atoms with van der Waals surface area (Å²) in [5.41, 5.74) is 0.436. The van der Waals surface area contributed by atoms with Gasteiger partial charge in [-0.3, -0.25) is 4.90 Å². The van der Waals surface area contributed by atoms with Crippen LogP contribution in [0.5, 0.6) is 0 Å². The van der Waals surface area contributed by atoms with Gasteiger partial charge in [-0.05, 0) is 12.3 Å². The van der Waals surface area contributed by atoms with Crippen LogP contribution in [0, 0.1) is 5.41 Å². The van der Waals surface area contributed by atoms with Crippen molar-refractivity contribution in [1.82, 2.24) is 10.2 Å². The second-order valence-electron chi connectivity index (χ2n) is 5.08. The average Bonchev–Trinajstić information content (AvgIpc) is 1.91. The SMILES string of the molecule is C[C@@H]1CNCCN1CC(C)(C)C. The van der Waals surface area contributed by atoms with Crippen LogP contribution in [0.25, 0.3) is 0 Å². The number of piperazine rings is 1. The number of hydrogen-bond acceptors (Lipinski definition) is 2. The van der Waals surface area contributed by atoms with E-state index in [0.717, 1.165) is 13.1 Å². The monoisotopic (exact) mass is 170 g/mol. The van der Waals surface area contributed by atoms with Crippen LogP contribution < -0.4 is 5.32 Å². The fraction of sp³-hybridized carbons (Fsp3) is 1.00. The summed E-state index contributed by atoms with van der Waals surface area (Å²) in [4.78, 5) is 2.58. The van der Waals surface area contributed by atoms with Crippen molar-refractivity contribution in [1.29, 1.82) is 0 Å². The molecule has 0 radical (unpaired) electrons. The predicted octanol–water partition coefficient (Wildman–Crippen LogP) is 1.33. The first-order valence-electron chi connectivity index (χ1n) is 4.94. The fourth-order valence-corrected chi connectivity index (χ4v) is 1.73. The molecular formula is C10H22N2. The van der Waals surface area contributed by atoms with E-state index in [1.807, 2.05) is 0 Å². The van der Waals surface area contributed by atoms with E-state index < -0.39 is 0 Å². The zero-order chi connectivity index (χ0) is 9.19. The van der Waals surface area contributed by atoms with Crippen LogP contribution in [0.1, 0.15) is 27.7 Å². The minimum absolute atomic E-state index is 0.436. The van der Waals surface area contributed by atoms with Crippen LogP contribution in [0.2, 0.25) is 0 Å². The molecule has 0 aromatic rings. The van der Waals surface area contributed by atoms with Gasteiger partial charge in [-0.15, -0.1) is 0 Å². The van der Waals surface area contributed by atoms with Crippen molar-refractivity contribution in [2.45, 2.75) is 33.7 Å². The summed E-state index contributed by atoms with van der Waals surface area (Å²) < 4.78 is 0. The van der Waals surface area contributed by atoms with Gasteiger partial charge >= 0.3 is 0 Å². The maximum atomic E-state index is 3.41. The Kier molecular flexibility index (Phi) is 3.13. The Labute approximate surface area is 76.3 Å². The average molecular weight is 170 g/mol. The highest BCUT2D eigenvalue weighted by molar-refractivity contribution is 4.79. The van der Waals surface area contributed by atoms with Gasteiger partial charge in [0.05, 0.1) is 0 Å². The molecule has 1 aliphatic heterocycles. The molecule has 72 valence electrons. The van der Waals surface area contributed by atoms with E-state index in [4.69, 9.17) is 0 Å². The molecule has 1 fully saturated rings. The van der Waals surface area contributed by atoms with E-state index in [1.165, 1.54) is 13.1 Å². The van der Waals surface area contributed by atoms with Gasteiger partial charge in [0.2, 0.25) is 0 Å². The summed E-state index contributed by atoms with van der Waals surface area (Å²) in [5, 5.41) is 3.41. The molecular weight excluding hydrogens is 148 g/mol. The second kappa shape index (κ2) is 3.75. The quantitative estimate of drug-likeness (QED) is 0.638. The van der Waals surface area contributed by atoms with Crippen LogP contribution in [-0.2, 0) is 0 Å². The van der Waals surface area contributed by atoms with E-state index in [9.17, 15) is 0 Å². The Morgan fingerprint density at radius 1 is 1.42 bits per heavy atom. The van der Waals surface area contributed by atoms with Gasteiger partial charge < -0.3 is 5.32 Å². The van der Waals surface area contributed by atoms with Crippen molar-refractivity contribution in [2.75, 3.05) is 26.2 Å². The molecule has 2 heteroatoms. The van der Waals surface area contributed by atoms with Crippen LogP contribution in [0.4, 0.5) is 0 Å². The lowest BCUT2D eigenvalue weighted by molar-refractivity contribution is 0.123. The minimum atomic E-state index is 0.436. The molecule has 0 aliphatic carbocycles. The summed E-state index contributed by atoms with van der Waals surface area (Å²) in [6.45, 7) is 14.0. The lowest BCUT2D eigenvalue weighted by Crippen LogP contribution is -2.52. The molecule has 0 saturated carbocycles. The predicted molar refractivity (Wildman–Crippen MR) is 53.4 cm³/mol. The molecule has 1 rings (SSSR count). The van der Waals surface area contributed by atoms with Crippen LogP contribution in [-0.4, -0.2) is 37.1 Å². The second-order valence-corrected chi connectivity index (χ2v) is 5.08. The third kappa shape index (κ3) is 3.11. The van der Waals surface area contributed by atoms with Gasteiger partial charge in [-0.25, -0.2) is 0 Å². The molecule has 12 heavy (non-hydrogen) atoms. The zero-order valence-corrected chi connectivity index (χ0v) is 8.85. The lowest BCUT2D eigenvalue weighted by Gasteiger charge is -2.38. The maximum absolute atomic E-state index is 3.41. The minimum Gasteiger partial charge on any atom is -0.314 e. The Morgan fingerprint density at radius 2 is 2.08 bits per heavy atom. The first kappa shape index (κ1) is 10.0. The number of nitrogens with zero attached hydrogens (tertiary/aromatic N) is 1. The van der Waals surface area contributed by atoms with Crippen LogP contribution in [0.3, 0.4) is 0 Å². The summed E-state index contributed by atoms with van der Waals surface area (Å²) in [6, 6.07) is 0.706. The topological polar surface area (TPSA) is 15.3 Å². The van der Waals surface area contributed by atoms with Gasteiger partial charge in [0.1, 0.15) is 0 Å². The summed E-state index contributed by atoms with van der Waals surface area (Å²) in [7, 11) is 0. The third-order valence-electron chi connectivity index (χ3n) is 2.32. The first-order valence-corrected chi connectivity index (χ1v) is 4.94. The lowest BCUT2D eigenvalue weighted by atomic mass is 9.95. The number of nitrogens with one attached hydrogen (secondary N) is 1. The zero-order valence-electron chi connectivity index (χ0n) is 8.85. The molecule has 1 saturated heterocycles. The van der Waals surface area contributed by atoms with E-state index in [0.29, 0.717) is 11.5 Å². The largest absolute Gasteiger partial charge is 0.314 e.